The fourth-order valence-electron chi connectivity index (χ4n) is 2.77. The number of hydrogen-bond donors (Lipinski definition) is 1. The number of aromatic amines is 1. The number of hydrogen-bond acceptors (Lipinski definition) is 5. The molecule has 2 aromatic rings. The highest BCUT2D eigenvalue weighted by Gasteiger charge is 2.20. The van der Waals surface area contributed by atoms with Crippen LogP contribution in [0, 0.1) is 0 Å². The molecule has 1 fully saturated rings. The smallest absolute Gasteiger partial charge is 0.339 e. The molecule has 0 aliphatic carbocycles. The molecule has 0 radical (unpaired) electrons. The maximum atomic E-state index is 12.3. The molecular formula is C17H23N5O2S. The third-order valence-corrected chi connectivity index (χ3v) is 5.33. The largest absolute Gasteiger partial charge is 0.343 e. The number of thioether (sulfide) groups is 1. The lowest BCUT2D eigenvalue weighted by Gasteiger charge is -2.32. The summed E-state index contributed by atoms with van der Waals surface area (Å²) >= 11 is 1.32. The van der Waals surface area contributed by atoms with Crippen molar-refractivity contribution < 1.29 is 4.79 Å². The summed E-state index contributed by atoms with van der Waals surface area (Å²) in [5.41, 5.74) is 0.936. The standard InChI is InChI=1S/C17H23N5O2S/c1-20-9-11-21(12-10-20)15(23)13-25-17-19-18-16(24)22(17)8-7-14-5-3-2-4-6-14/h2-6H,7-13H2,1H3,(H,18,24). The molecule has 1 amide bonds. The summed E-state index contributed by atoms with van der Waals surface area (Å²) < 4.78 is 1.61. The zero-order valence-corrected chi connectivity index (χ0v) is 15.2. The SMILES string of the molecule is CN1CCN(C(=O)CSc2n[nH]c(=O)n2CCc2ccccc2)CC1. The van der Waals surface area contributed by atoms with E-state index in [9.17, 15) is 9.59 Å². The fraction of sp³-hybridized carbons (Fsp3) is 0.471. The van der Waals surface area contributed by atoms with Crippen LogP contribution in [0.2, 0.25) is 0 Å². The minimum atomic E-state index is -0.231. The number of aryl methyl sites for hydroxylation is 1. The molecule has 25 heavy (non-hydrogen) atoms. The molecule has 0 spiro atoms. The first-order valence-corrected chi connectivity index (χ1v) is 9.40. The van der Waals surface area contributed by atoms with Crippen molar-refractivity contribution >= 4 is 17.7 Å². The van der Waals surface area contributed by atoms with Gasteiger partial charge in [0.05, 0.1) is 5.75 Å². The lowest BCUT2D eigenvalue weighted by atomic mass is 10.1. The maximum absolute atomic E-state index is 12.3. The molecule has 1 aliphatic heterocycles. The molecule has 134 valence electrons. The Morgan fingerprint density at radius 3 is 2.64 bits per heavy atom. The number of carbonyl (C=O) groups excluding carboxylic acids is 1. The Balaban J connectivity index is 1.56. The molecule has 1 aliphatic rings. The molecule has 1 aromatic carbocycles. The maximum Gasteiger partial charge on any atom is 0.343 e. The van der Waals surface area contributed by atoms with Crippen molar-refractivity contribution in [3.8, 4) is 0 Å². The first kappa shape index (κ1) is 17.8. The van der Waals surface area contributed by atoms with Crippen LogP contribution in [0.25, 0.3) is 0 Å². The van der Waals surface area contributed by atoms with Gasteiger partial charge in [-0.1, -0.05) is 42.1 Å². The molecule has 0 bridgehead atoms. The topological polar surface area (TPSA) is 74.2 Å². The van der Waals surface area contributed by atoms with Gasteiger partial charge in [-0.2, -0.15) is 0 Å². The van der Waals surface area contributed by atoms with Crippen LogP contribution in [-0.2, 0) is 17.8 Å². The minimum Gasteiger partial charge on any atom is -0.339 e. The van der Waals surface area contributed by atoms with Gasteiger partial charge >= 0.3 is 5.69 Å². The Hall–Kier alpha value is -2.06. The van der Waals surface area contributed by atoms with Crippen LogP contribution in [-0.4, -0.2) is 69.5 Å². The molecule has 1 aromatic heterocycles. The highest BCUT2D eigenvalue weighted by Crippen LogP contribution is 2.15. The van der Waals surface area contributed by atoms with Gasteiger partial charge in [0.15, 0.2) is 5.16 Å². The van der Waals surface area contributed by atoms with E-state index in [0.717, 1.165) is 32.6 Å². The number of aromatic nitrogens is 3. The number of H-pyrrole nitrogens is 1. The third kappa shape index (κ3) is 4.73. The number of carbonyl (C=O) groups is 1. The van der Waals surface area contributed by atoms with E-state index in [-0.39, 0.29) is 11.6 Å². The van der Waals surface area contributed by atoms with Crippen molar-refractivity contribution in [1.29, 1.82) is 0 Å². The number of benzene rings is 1. The average molecular weight is 361 g/mol. The van der Waals surface area contributed by atoms with Gasteiger partial charge in [0.25, 0.3) is 0 Å². The van der Waals surface area contributed by atoms with E-state index in [1.165, 1.54) is 17.3 Å². The molecule has 1 saturated heterocycles. The van der Waals surface area contributed by atoms with Gasteiger partial charge in [0.1, 0.15) is 0 Å². The molecule has 1 N–H and O–H groups in total. The Morgan fingerprint density at radius 1 is 1.20 bits per heavy atom. The van der Waals surface area contributed by atoms with Crippen molar-refractivity contribution in [3.05, 3.63) is 46.4 Å². The Labute approximate surface area is 151 Å². The second-order valence-corrected chi connectivity index (χ2v) is 7.11. The van der Waals surface area contributed by atoms with E-state index in [1.807, 2.05) is 35.2 Å². The number of amides is 1. The van der Waals surface area contributed by atoms with Crippen molar-refractivity contribution in [2.24, 2.45) is 0 Å². The number of nitrogens with one attached hydrogen (secondary N) is 1. The van der Waals surface area contributed by atoms with E-state index < -0.39 is 0 Å². The fourth-order valence-corrected chi connectivity index (χ4v) is 3.64. The normalized spacial score (nSPS) is 15.5. The van der Waals surface area contributed by atoms with Crippen LogP contribution < -0.4 is 5.69 Å². The van der Waals surface area contributed by atoms with E-state index in [2.05, 4.69) is 22.1 Å². The number of rotatable bonds is 6. The lowest BCUT2D eigenvalue weighted by molar-refractivity contribution is -0.129. The van der Waals surface area contributed by atoms with E-state index in [0.29, 0.717) is 17.5 Å². The van der Waals surface area contributed by atoms with Crippen molar-refractivity contribution in [1.82, 2.24) is 24.6 Å². The second kappa shape index (κ2) is 8.35. The van der Waals surface area contributed by atoms with Crippen LogP contribution in [0.15, 0.2) is 40.3 Å². The van der Waals surface area contributed by atoms with Crippen LogP contribution >= 0.6 is 11.8 Å². The van der Waals surface area contributed by atoms with Gasteiger partial charge in [0, 0.05) is 32.7 Å². The van der Waals surface area contributed by atoms with E-state index >= 15 is 0 Å². The lowest BCUT2D eigenvalue weighted by Crippen LogP contribution is -2.47. The van der Waals surface area contributed by atoms with Gasteiger partial charge in [-0.15, -0.1) is 5.10 Å². The van der Waals surface area contributed by atoms with Gasteiger partial charge in [0.2, 0.25) is 5.91 Å². The monoisotopic (exact) mass is 361 g/mol. The molecule has 7 nitrogen and oxygen atoms in total. The van der Waals surface area contributed by atoms with Gasteiger partial charge in [-0.05, 0) is 19.0 Å². The van der Waals surface area contributed by atoms with Crippen molar-refractivity contribution in [2.45, 2.75) is 18.1 Å². The third-order valence-electron chi connectivity index (χ3n) is 4.37. The number of nitrogens with zero attached hydrogens (tertiary/aromatic N) is 4. The zero-order valence-electron chi connectivity index (χ0n) is 14.4. The molecule has 0 unspecified atom stereocenters. The first-order valence-electron chi connectivity index (χ1n) is 8.42. The molecule has 8 heteroatoms. The van der Waals surface area contributed by atoms with Crippen LogP contribution in [0.3, 0.4) is 0 Å². The highest BCUT2D eigenvalue weighted by atomic mass is 32.2. The molecule has 2 heterocycles. The minimum absolute atomic E-state index is 0.100. The summed E-state index contributed by atoms with van der Waals surface area (Å²) in [6.07, 6.45) is 0.750. The molecule has 3 rings (SSSR count). The van der Waals surface area contributed by atoms with Crippen LogP contribution in [0.1, 0.15) is 5.56 Å². The summed E-state index contributed by atoms with van der Waals surface area (Å²) in [5.74, 6) is 0.405. The number of piperazine rings is 1. The predicted molar refractivity (Wildman–Crippen MR) is 97.8 cm³/mol. The average Bonchev–Trinajstić information content (AvgIpc) is 2.99. The Kier molecular flexibility index (Phi) is 5.93. The van der Waals surface area contributed by atoms with Crippen LogP contribution in [0.5, 0.6) is 0 Å². The van der Waals surface area contributed by atoms with E-state index in [4.69, 9.17) is 0 Å². The van der Waals surface area contributed by atoms with Crippen molar-refractivity contribution in [2.75, 3.05) is 39.0 Å². The van der Waals surface area contributed by atoms with Crippen molar-refractivity contribution in [3.63, 3.8) is 0 Å². The second-order valence-electron chi connectivity index (χ2n) is 6.17. The quantitative estimate of drug-likeness (QED) is 0.766. The highest BCUT2D eigenvalue weighted by molar-refractivity contribution is 7.99. The van der Waals surface area contributed by atoms with Crippen LogP contribution in [0.4, 0.5) is 0 Å². The summed E-state index contributed by atoms with van der Waals surface area (Å²) in [5, 5.41) is 7.13. The van der Waals surface area contributed by atoms with Gasteiger partial charge in [-0.3, -0.25) is 9.36 Å². The Morgan fingerprint density at radius 2 is 1.92 bits per heavy atom. The van der Waals surface area contributed by atoms with Gasteiger partial charge < -0.3 is 9.80 Å². The molecule has 0 atom stereocenters. The summed E-state index contributed by atoms with van der Waals surface area (Å²) in [7, 11) is 2.06. The first-order chi connectivity index (χ1) is 12.1. The molecule has 0 saturated carbocycles. The Bertz CT molecular complexity index is 750. The molecular weight excluding hydrogens is 338 g/mol. The summed E-state index contributed by atoms with van der Waals surface area (Å²) in [6, 6.07) is 10.0. The van der Waals surface area contributed by atoms with E-state index in [1.54, 1.807) is 4.57 Å². The zero-order chi connectivity index (χ0) is 17.6. The summed E-state index contributed by atoms with van der Waals surface area (Å²) in [6.45, 7) is 3.88. The predicted octanol–water partition coefficient (Wildman–Crippen LogP) is 0.680. The number of likely N-dealkylation sites (N-methyl/N-ethyl adjacent to an activating group) is 1. The summed E-state index contributed by atoms with van der Waals surface area (Å²) in [4.78, 5) is 28.4. The van der Waals surface area contributed by atoms with Gasteiger partial charge in [-0.25, -0.2) is 9.89 Å².